The lowest BCUT2D eigenvalue weighted by molar-refractivity contribution is 0.0879. The van der Waals surface area contributed by atoms with Gasteiger partial charge in [-0.25, -0.2) is 4.39 Å². The molecule has 3 heterocycles. The molecule has 2 unspecified atom stereocenters. The van der Waals surface area contributed by atoms with Gasteiger partial charge < -0.3 is 4.90 Å². The number of Topliss-reactive ketones (excluding diaryl/α,β-unsaturated/α-hetero) is 1. The summed E-state index contributed by atoms with van der Waals surface area (Å²) >= 11 is 0. The first-order valence-corrected chi connectivity index (χ1v) is 10.1. The van der Waals surface area contributed by atoms with E-state index in [1.54, 1.807) is 12.1 Å². The topological polar surface area (TPSA) is 49.0 Å². The second-order valence-corrected chi connectivity index (χ2v) is 8.35. The van der Waals surface area contributed by atoms with Gasteiger partial charge in [-0.1, -0.05) is 18.2 Å². The van der Waals surface area contributed by atoms with E-state index in [9.17, 15) is 9.18 Å². The standard InChI is InChI=1S/C23H24FN3O/c1-27-18-7-8-19(27)11-14(10-18)12-22(28)23-20-13-16(4-9-21(20)25-26-23)15-2-5-17(24)6-3-15/h2-6,9,13-14,18-19H,7-8,10-12H2,1H3,(H,25,26). The SMILES string of the molecule is CN1C2CCC1CC(CC(=O)c1n[nH]c3ccc(-c4ccc(F)cc4)cc13)C2. The van der Waals surface area contributed by atoms with Gasteiger partial charge in [0.25, 0.3) is 0 Å². The second-order valence-electron chi connectivity index (χ2n) is 8.35. The number of fused-ring (bicyclic) bond motifs is 3. The molecule has 5 heteroatoms. The second kappa shape index (κ2) is 6.82. The van der Waals surface area contributed by atoms with Crippen molar-refractivity contribution in [3.8, 4) is 11.1 Å². The average molecular weight is 377 g/mol. The largest absolute Gasteiger partial charge is 0.300 e. The maximum absolute atomic E-state index is 13.2. The molecule has 5 rings (SSSR count). The number of nitrogens with zero attached hydrogens (tertiary/aromatic N) is 2. The third kappa shape index (κ3) is 3.04. The minimum atomic E-state index is -0.254. The Morgan fingerprint density at radius 3 is 2.50 bits per heavy atom. The first-order chi connectivity index (χ1) is 13.6. The van der Waals surface area contributed by atoms with Crippen LogP contribution in [0.25, 0.3) is 22.0 Å². The predicted octanol–water partition coefficient (Wildman–Crippen LogP) is 4.81. The lowest BCUT2D eigenvalue weighted by atomic mass is 9.86. The quantitative estimate of drug-likeness (QED) is 0.664. The van der Waals surface area contributed by atoms with E-state index < -0.39 is 0 Å². The number of halogens is 1. The molecule has 0 amide bonds. The third-order valence-electron chi connectivity index (χ3n) is 6.67. The van der Waals surface area contributed by atoms with E-state index in [-0.39, 0.29) is 11.6 Å². The van der Waals surface area contributed by atoms with Crippen LogP contribution in [0.1, 0.15) is 42.6 Å². The number of ketones is 1. The highest BCUT2D eigenvalue weighted by Crippen LogP contribution is 2.39. The van der Waals surface area contributed by atoms with Gasteiger partial charge in [-0.05, 0) is 74.0 Å². The third-order valence-corrected chi connectivity index (χ3v) is 6.67. The first-order valence-electron chi connectivity index (χ1n) is 10.1. The highest BCUT2D eigenvalue weighted by molar-refractivity contribution is 6.06. The summed E-state index contributed by atoms with van der Waals surface area (Å²) in [5, 5.41) is 8.18. The Hall–Kier alpha value is -2.53. The fourth-order valence-corrected chi connectivity index (χ4v) is 5.10. The Kier molecular flexibility index (Phi) is 4.27. The molecule has 3 aromatic rings. The Morgan fingerprint density at radius 2 is 1.79 bits per heavy atom. The van der Waals surface area contributed by atoms with Gasteiger partial charge in [0.1, 0.15) is 11.5 Å². The minimum Gasteiger partial charge on any atom is -0.300 e. The van der Waals surface area contributed by atoms with Crippen molar-refractivity contribution in [1.82, 2.24) is 15.1 Å². The van der Waals surface area contributed by atoms with Crippen LogP contribution >= 0.6 is 0 Å². The number of aromatic nitrogens is 2. The molecule has 28 heavy (non-hydrogen) atoms. The number of carbonyl (C=O) groups is 1. The molecule has 2 bridgehead atoms. The summed E-state index contributed by atoms with van der Waals surface area (Å²) in [6.45, 7) is 0. The smallest absolute Gasteiger partial charge is 0.183 e. The molecular weight excluding hydrogens is 353 g/mol. The summed E-state index contributed by atoms with van der Waals surface area (Å²) in [6, 6.07) is 13.6. The number of carbonyl (C=O) groups excluding carboxylic acids is 1. The van der Waals surface area contributed by atoms with Crippen molar-refractivity contribution in [2.24, 2.45) is 5.92 Å². The van der Waals surface area contributed by atoms with Crippen LogP contribution in [0.2, 0.25) is 0 Å². The van der Waals surface area contributed by atoms with Gasteiger partial charge >= 0.3 is 0 Å². The highest BCUT2D eigenvalue weighted by Gasteiger charge is 2.39. The maximum Gasteiger partial charge on any atom is 0.183 e. The van der Waals surface area contributed by atoms with Crippen molar-refractivity contribution in [2.75, 3.05) is 7.05 Å². The van der Waals surface area contributed by atoms with Crippen LogP contribution in [0.15, 0.2) is 42.5 Å². The molecule has 0 radical (unpaired) electrons. The van der Waals surface area contributed by atoms with Crippen LogP contribution in [0.4, 0.5) is 4.39 Å². The number of hydrogen-bond acceptors (Lipinski definition) is 3. The van der Waals surface area contributed by atoms with Crippen molar-refractivity contribution < 1.29 is 9.18 Å². The monoisotopic (exact) mass is 377 g/mol. The van der Waals surface area contributed by atoms with Gasteiger partial charge in [-0.2, -0.15) is 5.10 Å². The molecule has 2 aliphatic rings. The number of aromatic amines is 1. The molecule has 2 saturated heterocycles. The zero-order valence-electron chi connectivity index (χ0n) is 16.0. The summed E-state index contributed by atoms with van der Waals surface area (Å²) in [7, 11) is 2.22. The average Bonchev–Trinajstić information content (AvgIpc) is 3.19. The van der Waals surface area contributed by atoms with E-state index in [0.717, 1.165) is 34.9 Å². The first kappa shape index (κ1) is 17.6. The van der Waals surface area contributed by atoms with E-state index >= 15 is 0 Å². The van der Waals surface area contributed by atoms with Gasteiger partial charge in [-0.3, -0.25) is 9.89 Å². The molecule has 2 fully saturated rings. The van der Waals surface area contributed by atoms with Gasteiger partial charge in [0.15, 0.2) is 5.78 Å². The minimum absolute atomic E-state index is 0.122. The van der Waals surface area contributed by atoms with Crippen molar-refractivity contribution in [3.05, 3.63) is 54.0 Å². The molecule has 1 aromatic heterocycles. The number of H-pyrrole nitrogens is 1. The van der Waals surface area contributed by atoms with Crippen molar-refractivity contribution >= 4 is 16.7 Å². The van der Waals surface area contributed by atoms with E-state index in [1.165, 1.54) is 25.0 Å². The number of nitrogens with one attached hydrogen (secondary N) is 1. The van der Waals surface area contributed by atoms with Crippen LogP contribution in [0, 0.1) is 11.7 Å². The molecule has 4 nitrogen and oxygen atoms in total. The Morgan fingerprint density at radius 1 is 1.11 bits per heavy atom. The van der Waals surface area contributed by atoms with E-state index in [1.807, 2.05) is 18.2 Å². The predicted molar refractivity (Wildman–Crippen MR) is 108 cm³/mol. The summed E-state index contributed by atoms with van der Waals surface area (Å²) in [4.78, 5) is 15.5. The maximum atomic E-state index is 13.2. The van der Waals surface area contributed by atoms with Gasteiger partial charge in [0.05, 0.1) is 5.52 Å². The molecule has 2 aliphatic heterocycles. The van der Waals surface area contributed by atoms with Crippen LogP contribution in [0.5, 0.6) is 0 Å². The number of rotatable bonds is 4. The molecule has 2 aromatic carbocycles. The molecule has 1 N–H and O–H groups in total. The lowest BCUT2D eigenvalue weighted by Gasteiger charge is -2.36. The van der Waals surface area contributed by atoms with Crippen molar-refractivity contribution in [3.63, 3.8) is 0 Å². The zero-order chi connectivity index (χ0) is 19.3. The van der Waals surface area contributed by atoms with Crippen LogP contribution in [0.3, 0.4) is 0 Å². The van der Waals surface area contributed by atoms with Gasteiger partial charge in [0.2, 0.25) is 0 Å². The van der Waals surface area contributed by atoms with E-state index in [2.05, 4.69) is 22.1 Å². The zero-order valence-corrected chi connectivity index (χ0v) is 16.0. The fourth-order valence-electron chi connectivity index (χ4n) is 5.10. The van der Waals surface area contributed by atoms with Crippen LogP contribution < -0.4 is 0 Å². The molecule has 0 spiro atoms. The summed E-state index contributed by atoms with van der Waals surface area (Å²) in [6.07, 6.45) is 5.32. The molecule has 144 valence electrons. The van der Waals surface area contributed by atoms with Crippen LogP contribution in [-0.2, 0) is 0 Å². The number of hydrogen-bond donors (Lipinski definition) is 1. The molecule has 2 atom stereocenters. The Balaban J connectivity index is 1.40. The van der Waals surface area contributed by atoms with Gasteiger partial charge in [0, 0.05) is 23.9 Å². The summed E-state index contributed by atoms with van der Waals surface area (Å²) in [5.41, 5.74) is 3.28. The van der Waals surface area contributed by atoms with Gasteiger partial charge in [-0.15, -0.1) is 0 Å². The van der Waals surface area contributed by atoms with E-state index in [4.69, 9.17) is 0 Å². The summed E-state index contributed by atoms with van der Waals surface area (Å²) in [5.74, 6) is 0.320. The van der Waals surface area contributed by atoms with Crippen molar-refractivity contribution in [1.29, 1.82) is 0 Å². The van der Waals surface area contributed by atoms with Crippen molar-refractivity contribution in [2.45, 2.75) is 44.2 Å². The Labute approximate surface area is 163 Å². The van der Waals surface area contributed by atoms with E-state index in [0.29, 0.717) is 30.1 Å². The number of piperidine rings is 1. The highest BCUT2D eigenvalue weighted by atomic mass is 19.1. The Bertz CT molecular complexity index is 1010. The fraction of sp³-hybridized carbons (Fsp3) is 0.391. The summed E-state index contributed by atoms with van der Waals surface area (Å²) < 4.78 is 13.2. The number of benzene rings is 2. The molecular formula is C23H24FN3O. The lowest BCUT2D eigenvalue weighted by Crippen LogP contribution is -2.40. The normalized spacial score (nSPS) is 24.7. The molecule has 0 aliphatic carbocycles. The molecule has 0 saturated carbocycles. The van der Waals surface area contributed by atoms with Crippen LogP contribution in [-0.4, -0.2) is 40.0 Å².